The van der Waals surface area contributed by atoms with Crippen LogP contribution in [0, 0.1) is 0 Å². The lowest BCUT2D eigenvalue weighted by molar-refractivity contribution is -0.117. The van der Waals surface area contributed by atoms with Crippen molar-refractivity contribution in [1.82, 2.24) is 0 Å². The summed E-state index contributed by atoms with van der Waals surface area (Å²) < 4.78 is 23.1. The zero-order valence-corrected chi connectivity index (χ0v) is 16.6. The fraction of sp³-hybridized carbons (Fsp3) is 0.350. The van der Waals surface area contributed by atoms with E-state index in [0.717, 1.165) is 11.3 Å². The summed E-state index contributed by atoms with van der Waals surface area (Å²) in [4.78, 5) is 16.6. The molecule has 1 aliphatic rings. The lowest BCUT2D eigenvalue weighted by Crippen LogP contribution is -2.42. The van der Waals surface area contributed by atoms with Crippen LogP contribution in [0.2, 0.25) is 0 Å². The molecule has 1 unspecified atom stereocenters. The number of amides is 1. The molecule has 1 atom stereocenters. The SMILES string of the molecule is CCC(O)CN(CC(=O)N1CCc2cc(S(N)(=O)=O)ccc21)c1ccccc1. The molecule has 0 aliphatic carbocycles. The largest absolute Gasteiger partial charge is 0.391 e. The Kier molecular flexibility index (Phi) is 6.02. The topological polar surface area (TPSA) is 104 Å². The highest BCUT2D eigenvalue weighted by molar-refractivity contribution is 7.89. The molecule has 1 amide bonds. The number of rotatable bonds is 7. The van der Waals surface area contributed by atoms with E-state index in [4.69, 9.17) is 5.14 Å². The second kappa shape index (κ2) is 8.30. The summed E-state index contributed by atoms with van der Waals surface area (Å²) in [5.74, 6) is -0.103. The number of carbonyl (C=O) groups is 1. The van der Waals surface area contributed by atoms with Crippen molar-refractivity contribution in [3.05, 3.63) is 54.1 Å². The first-order valence-corrected chi connectivity index (χ1v) is 10.8. The van der Waals surface area contributed by atoms with Gasteiger partial charge >= 0.3 is 0 Å². The standard InChI is InChI=1S/C20H25N3O4S/c1-2-17(24)13-22(16-6-4-3-5-7-16)14-20(25)23-11-10-15-12-18(28(21,26)27)8-9-19(15)23/h3-9,12,17,24H,2,10-11,13-14H2,1H3,(H2,21,26,27). The van der Waals surface area contributed by atoms with Gasteiger partial charge in [0.1, 0.15) is 0 Å². The van der Waals surface area contributed by atoms with Crippen molar-refractivity contribution < 1.29 is 18.3 Å². The number of fused-ring (bicyclic) bond motifs is 1. The predicted octanol–water partition coefficient (Wildman–Crippen LogP) is 1.50. The molecule has 150 valence electrons. The third-order valence-corrected chi connectivity index (χ3v) is 5.84. The van der Waals surface area contributed by atoms with E-state index in [0.29, 0.717) is 31.6 Å². The van der Waals surface area contributed by atoms with Gasteiger partial charge in [-0.25, -0.2) is 13.6 Å². The molecular formula is C20H25N3O4S. The van der Waals surface area contributed by atoms with E-state index in [1.165, 1.54) is 12.1 Å². The molecule has 2 aromatic rings. The van der Waals surface area contributed by atoms with E-state index < -0.39 is 16.1 Å². The number of nitrogens with two attached hydrogens (primary N) is 1. The number of sulfonamides is 1. The Hall–Kier alpha value is -2.42. The van der Waals surface area contributed by atoms with Gasteiger partial charge in [-0.15, -0.1) is 0 Å². The minimum atomic E-state index is -3.77. The smallest absolute Gasteiger partial charge is 0.246 e. The third kappa shape index (κ3) is 4.52. The molecule has 0 radical (unpaired) electrons. The van der Waals surface area contributed by atoms with Gasteiger partial charge in [-0.2, -0.15) is 0 Å². The Morgan fingerprint density at radius 2 is 1.96 bits per heavy atom. The Labute approximate surface area is 165 Å². The minimum absolute atomic E-state index is 0.0533. The van der Waals surface area contributed by atoms with Gasteiger partial charge in [-0.1, -0.05) is 25.1 Å². The Bertz CT molecular complexity index is 947. The van der Waals surface area contributed by atoms with Gasteiger partial charge in [0.2, 0.25) is 15.9 Å². The molecule has 0 aromatic heterocycles. The summed E-state index contributed by atoms with van der Waals surface area (Å²) in [6.45, 7) is 2.87. The van der Waals surface area contributed by atoms with E-state index in [2.05, 4.69) is 0 Å². The molecule has 0 bridgehead atoms. The lowest BCUT2D eigenvalue weighted by atomic mass is 10.2. The van der Waals surface area contributed by atoms with Crippen LogP contribution in [0.1, 0.15) is 18.9 Å². The van der Waals surface area contributed by atoms with Crippen LogP contribution in [0.5, 0.6) is 0 Å². The number of aliphatic hydroxyl groups is 1. The number of nitrogens with zero attached hydrogens (tertiary/aromatic N) is 2. The molecule has 7 nitrogen and oxygen atoms in total. The van der Waals surface area contributed by atoms with Crippen LogP contribution >= 0.6 is 0 Å². The van der Waals surface area contributed by atoms with Crippen molar-refractivity contribution in [2.24, 2.45) is 5.14 Å². The molecule has 0 saturated carbocycles. The summed E-state index contributed by atoms with van der Waals surface area (Å²) in [5, 5.41) is 15.3. The molecule has 0 saturated heterocycles. The zero-order valence-electron chi connectivity index (χ0n) is 15.8. The molecule has 0 fully saturated rings. The number of benzene rings is 2. The van der Waals surface area contributed by atoms with Crippen molar-refractivity contribution >= 4 is 27.3 Å². The van der Waals surface area contributed by atoms with Gasteiger partial charge in [0.15, 0.2) is 0 Å². The third-order valence-electron chi connectivity index (χ3n) is 4.93. The van der Waals surface area contributed by atoms with Gasteiger partial charge in [-0.05, 0) is 48.7 Å². The maximum absolute atomic E-state index is 13.0. The second-order valence-corrected chi connectivity index (χ2v) is 8.47. The van der Waals surface area contributed by atoms with Gasteiger partial charge in [0.25, 0.3) is 0 Å². The quantitative estimate of drug-likeness (QED) is 0.729. The summed E-state index contributed by atoms with van der Waals surface area (Å²) in [6, 6.07) is 14.1. The minimum Gasteiger partial charge on any atom is -0.391 e. The van der Waals surface area contributed by atoms with Gasteiger partial charge in [0.05, 0.1) is 17.5 Å². The second-order valence-electron chi connectivity index (χ2n) is 6.91. The Morgan fingerprint density at radius 3 is 2.61 bits per heavy atom. The van der Waals surface area contributed by atoms with Crippen molar-refractivity contribution in [3.8, 4) is 0 Å². The van der Waals surface area contributed by atoms with Gasteiger partial charge in [-0.3, -0.25) is 4.79 Å². The number of hydrogen-bond acceptors (Lipinski definition) is 5. The van der Waals surface area contributed by atoms with E-state index in [1.54, 1.807) is 11.0 Å². The molecule has 1 heterocycles. The number of anilines is 2. The summed E-state index contributed by atoms with van der Waals surface area (Å²) in [7, 11) is -3.77. The van der Waals surface area contributed by atoms with Crippen molar-refractivity contribution in [3.63, 3.8) is 0 Å². The lowest BCUT2D eigenvalue weighted by Gasteiger charge is -2.28. The van der Waals surface area contributed by atoms with E-state index in [1.807, 2.05) is 42.2 Å². The van der Waals surface area contributed by atoms with Crippen molar-refractivity contribution in [2.45, 2.75) is 30.8 Å². The van der Waals surface area contributed by atoms with Crippen LogP contribution in [0.4, 0.5) is 11.4 Å². The van der Waals surface area contributed by atoms with Crippen LogP contribution in [0.15, 0.2) is 53.4 Å². The number of aliphatic hydroxyl groups excluding tert-OH is 1. The predicted molar refractivity (Wildman–Crippen MR) is 109 cm³/mol. The molecular weight excluding hydrogens is 378 g/mol. The number of carbonyl (C=O) groups excluding carboxylic acids is 1. The van der Waals surface area contributed by atoms with Crippen LogP contribution in [-0.4, -0.2) is 45.2 Å². The normalized spacial score (nSPS) is 14.6. The molecule has 1 aliphatic heterocycles. The molecule has 3 N–H and O–H groups in total. The van der Waals surface area contributed by atoms with Crippen LogP contribution in [0.3, 0.4) is 0 Å². The highest BCUT2D eigenvalue weighted by atomic mass is 32.2. The molecule has 8 heteroatoms. The maximum atomic E-state index is 13.0. The fourth-order valence-electron chi connectivity index (χ4n) is 3.35. The Morgan fingerprint density at radius 1 is 1.25 bits per heavy atom. The van der Waals surface area contributed by atoms with Crippen LogP contribution < -0.4 is 14.9 Å². The highest BCUT2D eigenvalue weighted by Crippen LogP contribution is 2.30. The number of para-hydroxylation sites is 1. The maximum Gasteiger partial charge on any atom is 0.246 e. The average Bonchev–Trinajstić information content (AvgIpc) is 3.10. The molecule has 28 heavy (non-hydrogen) atoms. The monoisotopic (exact) mass is 403 g/mol. The summed E-state index contributed by atoms with van der Waals surface area (Å²) >= 11 is 0. The number of hydrogen-bond donors (Lipinski definition) is 2. The van der Waals surface area contributed by atoms with Crippen molar-refractivity contribution in [1.29, 1.82) is 0 Å². The molecule has 2 aromatic carbocycles. The highest BCUT2D eigenvalue weighted by Gasteiger charge is 2.27. The van der Waals surface area contributed by atoms with E-state index in [9.17, 15) is 18.3 Å². The fourth-order valence-corrected chi connectivity index (χ4v) is 3.91. The first kappa shape index (κ1) is 20.3. The summed E-state index contributed by atoms with van der Waals surface area (Å²) in [6.07, 6.45) is 0.643. The molecule has 0 spiro atoms. The van der Waals surface area contributed by atoms with Gasteiger partial charge in [0, 0.05) is 24.5 Å². The van der Waals surface area contributed by atoms with E-state index >= 15 is 0 Å². The Balaban J connectivity index is 1.80. The summed E-state index contributed by atoms with van der Waals surface area (Å²) in [5.41, 5.74) is 2.37. The van der Waals surface area contributed by atoms with E-state index in [-0.39, 0.29) is 17.3 Å². The average molecular weight is 404 g/mol. The first-order chi connectivity index (χ1) is 13.3. The van der Waals surface area contributed by atoms with Crippen LogP contribution in [0.25, 0.3) is 0 Å². The zero-order chi connectivity index (χ0) is 20.3. The molecule has 3 rings (SSSR count). The van der Waals surface area contributed by atoms with Crippen LogP contribution in [-0.2, 0) is 21.2 Å². The number of primary sulfonamides is 1. The first-order valence-electron chi connectivity index (χ1n) is 9.23. The van der Waals surface area contributed by atoms with Gasteiger partial charge < -0.3 is 14.9 Å². The van der Waals surface area contributed by atoms with Crippen molar-refractivity contribution in [2.75, 3.05) is 29.4 Å².